The summed E-state index contributed by atoms with van der Waals surface area (Å²) in [6.45, 7) is 5.62. The van der Waals surface area contributed by atoms with Crippen LogP contribution in [0.4, 0.5) is 0 Å². The van der Waals surface area contributed by atoms with Crippen molar-refractivity contribution in [3.63, 3.8) is 0 Å². The maximum absolute atomic E-state index is 13.5. The van der Waals surface area contributed by atoms with Gasteiger partial charge < -0.3 is 10.1 Å². The summed E-state index contributed by atoms with van der Waals surface area (Å²) in [4.78, 5) is 0.261. The van der Waals surface area contributed by atoms with Crippen LogP contribution in [-0.4, -0.2) is 37.8 Å². The van der Waals surface area contributed by atoms with E-state index in [1.54, 1.807) is 24.3 Å². The van der Waals surface area contributed by atoms with Crippen molar-refractivity contribution < 1.29 is 13.2 Å². The molecule has 0 atom stereocenters. The maximum atomic E-state index is 13.5. The molecule has 0 saturated heterocycles. The molecule has 0 amide bonds. The van der Waals surface area contributed by atoms with Crippen LogP contribution in [0.3, 0.4) is 0 Å². The van der Waals surface area contributed by atoms with Crippen LogP contribution < -0.4 is 10.1 Å². The number of sulfone groups is 1. The van der Waals surface area contributed by atoms with E-state index in [9.17, 15) is 8.42 Å². The van der Waals surface area contributed by atoms with Gasteiger partial charge >= 0.3 is 0 Å². The van der Waals surface area contributed by atoms with Crippen molar-refractivity contribution in [1.82, 2.24) is 15.5 Å². The van der Waals surface area contributed by atoms with E-state index in [1.165, 1.54) is 0 Å². The summed E-state index contributed by atoms with van der Waals surface area (Å²) in [5.41, 5.74) is 0.586. The summed E-state index contributed by atoms with van der Waals surface area (Å²) in [7, 11) is -3.79. The topological polar surface area (TPSA) is 84.1 Å². The monoisotopic (exact) mass is 423 g/mol. The van der Waals surface area contributed by atoms with E-state index < -0.39 is 9.84 Å². The van der Waals surface area contributed by atoms with Crippen LogP contribution in [0.5, 0.6) is 5.75 Å². The highest BCUT2D eigenvalue weighted by Gasteiger charge is 2.25. The van der Waals surface area contributed by atoms with E-state index in [0.717, 1.165) is 18.4 Å². The number of nitrogens with one attached hydrogen (secondary N) is 2. The first-order valence-electron chi connectivity index (χ1n) is 10.0. The molecular weight excluding hydrogens is 398 g/mol. The second kappa shape index (κ2) is 8.45. The van der Waals surface area contributed by atoms with Gasteiger partial charge in [-0.05, 0) is 42.6 Å². The summed E-state index contributed by atoms with van der Waals surface area (Å²) in [5.74, 6) is 0.628. The van der Waals surface area contributed by atoms with Crippen LogP contribution in [0, 0.1) is 0 Å². The van der Waals surface area contributed by atoms with Gasteiger partial charge in [0.25, 0.3) is 0 Å². The zero-order valence-corrected chi connectivity index (χ0v) is 17.9. The normalized spacial score (nSPS) is 12.1. The summed E-state index contributed by atoms with van der Waals surface area (Å²) in [5, 5.41) is 12.4. The minimum Gasteiger partial charge on any atom is -0.494 e. The number of ether oxygens (including phenoxy) is 1. The Hall–Kier alpha value is -2.90. The first kappa shape index (κ1) is 20.4. The lowest BCUT2D eigenvalue weighted by Crippen LogP contribution is -2.24. The Labute approximate surface area is 176 Å². The molecule has 3 aromatic carbocycles. The molecule has 0 aliphatic rings. The first-order valence-corrected chi connectivity index (χ1v) is 11.5. The minimum absolute atomic E-state index is 0.0841. The Balaban J connectivity index is 1.65. The van der Waals surface area contributed by atoms with Gasteiger partial charge in [0.15, 0.2) is 5.03 Å². The first-order chi connectivity index (χ1) is 14.5. The molecule has 4 rings (SSSR count). The smallest absolute Gasteiger partial charge is 0.224 e. The molecule has 1 heterocycles. The molecule has 2 N–H and O–H groups in total. The van der Waals surface area contributed by atoms with Crippen LogP contribution in [0.1, 0.15) is 20.3 Å². The van der Waals surface area contributed by atoms with Crippen LogP contribution >= 0.6 is 0 Å². The van der Waals surface area contributed by atoms with E-state index in [0.29, 0.717) is 34.7 Å². The van der Waals surface area contributed by atoms with Crippen LogP contribution in [0.2, 0.25) is 0 Å². The van der Waals surface area contributed by atoms with Gasteiger partial charge in [0.05, 0.1) is 17.0 Å². The Morgan fingerprint density at radius 3 is 2.67 bits per heavy atom. The van der Waals surface area contributed by atoms with Gasteiger partial charge in [-0.15, -0.1) is 0 Å². The average molecular weight is 424 g/mol. The quantitative estimate of drug-likeness (QED) is 0.413. The van der Waals surface area contributed by atoms with Crippen molar-refractivity contribution in [2.75, 3.05) is 13.2 Å². The lowest BCUT2D eigenvalue weighted by molar-refractivity contribution is 0.306. The third-order valence-electron chi connectivity index (χ3n) is 4.94. The molecule has 0 aliphatic carbocycles. The van der Waals surface area contributed by atoms with Crippen LogP contribution in [-0.2, 0) is 9.84 Å². The third-order valence-corrected chi connectivity index (χ3v) is 6.72. The highest BCUT2D eigenvalue weighted by atomic mass is 32.2. The molecule has 7 heteroatoms. The van der Waals surface area contributed by atoms with Gasteiger partial charge in [0, 0.05) is 16.8 Å². The molecule has 0 unspecified atom stereocenters. The van der Waals surface area contributed by atoms with E-state index in [4.69, 9.17) is 4.74 Å². The maximum Gasteiger partial charge on any atom is 0.224 e. The largest absolute Gasteiger partial charge is 0.494 e. The van der Waals surface area contributed by atoms with Gasteiger partial charge in [0.2, 0.25) is 9.84 Å². The van der Waals surface area contributed by atoms with Crippen molar-refractivity contribution >= 4 is 31.5 Å². The molecule has 0 spiro atoms. The molecule has 30 heavy (non-hydrogen) atoms. The Morgan fingerprint density at radius 2 is 1.83 bits per heavy atom. The second-order valence-electron chi connectivity index (χ2n) is 7.52. The van der Waals surface area contributed by atoms with Gasteiger partial charge in [-0.25, -0.2) is 8.42 Å². The fourth-order valence-electron chi connectivity index (χ4n) is 3.45. The lowest BCUT2D eigenvalue weighted by atomic mass is 10.1. The highest BCUT2D eigenvalue weighted by Crippen LogP contribution is 2.32. The Morgan fingerprint density at radius 1 is 1.03 bits per heavy atom. The van der Waals surface area contributed by atoms with Crippen LogP contribution in [0.15, 0.2) is 70.6 Å². The number of fused-ring (bicyclic) bond motifs is 2. The summed E-state index contributed by atoms with van der Waals surface area (Å²) in [6, 6.07) is 18.5. The van der Waals surface area contributed by atoms with Crippen molar-refractivity contribution in [3.8, 4) is 5.75 Å². The molecule has 0 bridgehead atoms. The van der Waals surface area contributed by atoms with E-state index in [-0.39, 0.29) is 9.92 Å². The third kappa shape index (κ3) is 4.04. The van der Waals surface area contributed by atoms with Gasteiger partial charge in [-0.1, -0.05) is 50.2 Å². The molecule has 0 radical (unpaired) electrons. The zero-order valence-electron chi connectivity index (χ0n) is 17.1. The molecular formula is C23H25N3O3S. The van der Waals surface area contributed by atoms with Crippen molar-refractivity contribution in [3.05, 3.63) is 60.7 Å². The van der Waals surface area contributed by atoms with Crippen LogP contribution in [0.25, 0.3) is 21.7 Å². The fraction of sp³-hybridized carbons (Fsp3) is 0.261. The van der Waals surface area contributed by atoms with E-state index in [1.807, 2.05) is 36.4 Å². The number of rotatable bonds is 8. The number of aromatic nitrogens is 2. The van der Waals surface area contributed by atoms with E-state index in [2.05, 4.69) is 29.4 Å². The molecule has 1 aromatic heterocycles. The lowest BCUT2D eigenvalue weighted by Gasteiger charge is -2.10. The summed E-state index contributed by atoms with van der Waals surface area (Å²) < 4.78 is 32.8. The zero-order chi connectivity index (χ0) is 21.1. The second-order valence-corrected chi connectivity index (χ2v) is 9.38. The molecule has 156 valence electrons. The Bertz CT molecular complexity index is 1270. The van der Waals surface area contributed by atoms with Gasteiger partial charge in [0.1, 0.15) is 5.75 Å². The number of hydrogen-bond acceptors (Lipinski definition) is 5. The molecule has 0 saturated carbocycles. The van der Waals surface area contributed by atoms with E-state index >= 15 is 0 Å². The highest BCUT2D eigenvalue weighted by molar-refractivity contribution is 7.91. The van der Waals surface area contributed by atoms with Gasteiger partial charge in [-0.3, -0.25) is 5.10 Å². The predicted octanol–water partition coefficient (Wildman–Crippen LogP) is 4.32. The molecule has 4 aromatic rings. The molecule has 0 fully saturated rings. The van der Waals surface area contributed by atoms with Crippen molar-refractivity contribution in [1.29, 1.82) is 0 Å². The number of H-pyrrole nitrogens is 1. The average Bonchev–Trinajstić information content (AvgIpc) is 3.17. The minimum atomic E-state index is -3.79. The Kier molecular flexibility index (Phi) is 5.74. The number of hydrogen-bond donors (Lipinski definition) is 2. The SMILES string of the molecule is CC(C)NCCCOc1ccc2n[nH]c(S(=O)(=O)c3cccc4ccccc34)c2c1. The molecule has 6 nitrogen and oxygen atoms in total. The fourth-order valence-corrected chi connectivity index (χ4v) is 5.03. The molecule has 0 aliphatic heterocycles. The summed E-state index contributed by atoms with van der Waals surface area (Å²) >= 11 is 0. The predicted molar refractivity (Wildman–Crippen MR) is 119 cm³/mol. The van der Waals surface area contributed by atoms with Gasteiger partial charge in [-0.2, -0.15) is 5.10 Å². The number of benzene rings is 3. The standard InChI is InChI=1S/C23H25N3O3S/c1-16(2)24-13-6-14-29-18-11-12-21-20(15-18)23(26-25-21)30(27,28)22-10-5-8-17-7-3-4-9-19(17)22/h3-5,7-12,15-16,24H,6,13-14H2,1-2H3,(H,25,26). The summed E-state index contributed by atoms with van der Waals surface area (Å²) in [6.07, 6.45) is 0.864. The number of nitrogens with zero attached hydrogens (tertiary/aromatic N) is 1. The van der Waals surface area contributed by atoms with Crippen molar-refractivity contribution in [2.24, 2.45) is 0 Å². The number of aromatic amines is 1. The van der Waals surface area contributed by atoms with Crippen molar-refractivity contribution in [2.45, 2.75) is 36.2 Å².